The van der Waals surface area contributed by atoms with E-state index in [0.717, 1.165) is 25.0 Å². The van der Waals surface area contributed by atoms with Crippen molar-refractivity contribution in [3.63, 3.8) is 0 Å². The lowest BCUT2D eigenvalue weighted by Crippen LogP contribution is -2.34. The lowest BCUT2D eigenvalue weighted by atomic mass is 9.86. The molecule has 7 rings (SSSR count). The molecular weight excluding hydrogens is 511 g/mol. The van der Waals surface area contributed by atoms with Crippen molar-refractivity contribution in [1.29, 1.82) is 0 Å². The summed E-state index contributed by atoms with van der Waals surface area (Å²) >= 11 is 0. The van der Waals surface area contributed by atoms with Gasteiger partial charge in [-0.05, 0) is 62.6 Å². The number of fused-ring (bicyclic) bond motifs is 4. The van der Waals surface area contributed by atoms with E-state index in [9.17, 15) is 4.79 Å². The third kappa shape index (κ3) is 3.93. The number of pyridine rings is 2. The molecule has 1 amide bonds. The van der Waals surface area contributed by atoms with Crippen LogP contribution in [0.2, 0.25) is 0 Å². The number of hydrogen-bond acceptors (Lipinski definition) is 8. The number of benzene rings is 1. The highest BCUT2D eigenvalue weighted by Gasteiger charge is 2.48. The molecule has 200 valence electrons. The summed E-state index contributed by atoms with van der Waals surface area (Å²) < 4.78 is 23.1. The van der Waals surface area contributed by atoms with Crippen LogP contribution in [0.4, 0.5) is 15.9 Å². The fourth-order valence-electron chi connectivity index (χ4n) is 6.00. The van der Waals surface area contributed by atoms with Gasteiger partial charge >= 0.3 is 0 Å². The average molecular weight is 537 g/mol. The van der Waals surface area contributed by atoms with E-state index in [1.807, 2.05) is 17.0 Å². The van der Waals surface area contributed by atoms with Crippen LogP contribution in [-0.2, 0) is 4.79 Å². The number of carbonyl (C=O) groups is 1. The first-order valence-electron chi connectivity index (χ1n) is 13.1. The molecule has 0 spiro atoms. The second kappa shape index (κ2) is 9.37. The van der Waals surface area contributed by atoms with Gasteiger partial charge in [-0.15, -0.1) is 0 Å². The lowest BCUT2D eigenvalue weighted by Gasteiger charge is -2.23. The van der Waals surface area contributed by atoms with E-state index in [-0.39, 0.29) is 29.6 Å². The molecular formula is C29H25FN8O2. The molecule has 5 aromatic rings. The molecule has 11 heteroatoms. The van der Waals surface area contributed by atoms with Crippen LogP contribution in [0.1, 0.15) is 36.4 Å². The maximum Gasteiger partial charge on any atom is 0.246 e. The van der Waals surface area contributed by atoms with Crippen molar-refractivity contribution in [3.05, 3.63) is 85.0 Å². The van der Waals surface area contributed by atoms with Gasteiger partial charge in [0, 0.05) is 41.5 Å². The maximum atomic E-state index is 15.6. The number of aromatic nitrogens is 6. The number of ether oxygens (including phenoxy) is 1. The molecule has 1 N–H and O–H groups in total. The van der Waals surface area contributed by atoms with Gasteiger partial charge in [0.15, 0.2) is 17.3 Å². The van der Waals surface area contributed by atoms with Crippen molar-refractivity contribution in [1.82, 2.24) is 34.4 Å². The normalized spacial score (nSPS) is 19.9. The van der Waals surface area contributed by atoms with Crippen LogP contribution >= 0.6 is 0 Å². The van der Waals surface area contributed by atoms with Gasteiger partial charge in [0.1, 0.15) is 29.7 Å². The zero-order valence-corrected chi connectivity index (χ0v) is 21.7. The van der Waals surface area contributed by atoms with Crippen molar-refractivity contribution < 1.29 is 13.9 Å². The number of hydrogen-bond donors (Lipinski definition) is 1. The molecule has 1 aromatic carbocycles. The Hall–Kier alpha value is -4.93. The van der Waals surface area contributed by atoms with Crippen LogP contribution in [0, 0.1) is 12.7 Å². The van der Waals surface area contributed by atoms with Crippen LogP contribution in [0.25, 0.3) is 16.7 Å². The van der Waals surface area contributed by atoms with E-state index in [4.69, 9.17) is 9.72 Å². The molecule has 10 nitrogen and oxygen atoms in total. The summed E-state index contributed by atoms with van der Waals surface area (Å²) in [7, 11) is 0. The van der Waals surface area contributed by atoms with Gasteiger partial charge in [-0.2, -0.15) is 5.10 Å². The summed E-state index contributed by atoms with van der Waals surface area (Å²) in [5.41, 5.74) is 3.28. The fourth-order valence-corrected chi connectivity index (χ4v) is 6.00. The Morgan fingerprint density at radius 2 is 2.05 bits per heavy atom. The van der Waals surface area contributed by atoms with E-state index in [1.165, 1.54) is 18.7 Å². The summed E-state index contributed by atoms with van der Waals surface area (Å²) in [4.78, 5) is 32.2. The molecule has 0 unspecified atom stereocenters. The Balaban J connectivity index is 1.17. The number of nitrogens with one attached hydrogen (secondary N) is 1. The third-order valence-electron chi connectivity index (χ3n) is 7.92. The molecule has 2 bridgehead atoms. The number of rotatable bonds is 6. The first-order chi connectivity index (χ1) is 19.5. The smallest absolute Gasteiger partial charge is 0.246 e. The first-order valence-corrected chi connectivity index (χ1v) is 13.1. The van der Waals surface area contributed by atoms with Crippen LogP contribution in [0.15, 0.2) is 67.9 Å². The SMILES string of the molecule is C=CC(=O)N1[C@H]2CC[C@@H]1[C@@H](c1ccc3ncnc(Nc4ccc(Oc5ccn6ncnc6c5)c(C)c4F)c3n1)C2. The van der Waals surface area contributed by atoms with Gasteiger partial charge in [0.2, 0.25) is 5.91 Å². The Morgan fingerprint density at radius 3 is 2.92 bits per heavy atom. The Bertz CT molecular complexity index is 1800. The highest BCUT2D eigenvalue weighted by molar-refractivity contribution is 5.89. The van der Waals surface area contributed by atoms with E-state index < -0.39 is 5.82 Å². The first kappa shape index (κ1) is 24.1. The van der Waals surface area contributed by atoms with Gasteiger partial charge in [-0.1, -0.05) is 6.58 Å². The molecule has 2 saturated heterocycles. The molecule has 3 atom stereocenters. The number of amides is 1. The molecule has 40 heavy (non-hydrogen) atoms. The van der Waals surface area contributed by atoms with Gasteiger partial charge < -0.3 is 15.0 Å². The highest BCUT2D eigenvalue weighted by atomic mass is 19.1. The summed E-state index contributed by atoms with van der Waals surface area (Å²) in [6.07, 6.45) is 8.80. The standard InChI is InChI=1S/C29H25FN8O2/c1-3-26(39)38-17-4-8-23(38)19(12-17)20-5-6-22-28(35-20)29(33-14-31-22)36-21-7-9-24(16(2)27(21)30)40-18-10-11-37-25(13-18)32-15-34-37/h3,5-7,9-11,13-15,17,19,23H,1,4,8,12H2,2H3,(H,31,33,36)/t17-,19+,23+/m0/s1. The predicted molar refractivity (Wildman–Crippen MR) is 146 cm³/mol. The van der Waals surface area contributed by atoms with Crippen LogP contribution in [0.3, 0.4) is 0 Å². The summed E-state index contributed by atoms with van der Waals surface area (Å²) in [5, 5.41) is 7.18. The molecule has 0 radical (unpaired) electrons. The minimum absolute atomic E-state index is 0.0289. The number of halogens is 1. The quantitative estimate of drug-likeness (QED) is 0.299. The minimum atomic E-state index is -0.462. The van der Waals surface area contributed by atoms with Crippen LogP contribution < -0.4 is 10.1 Å². The van der Waals surface area contributed by atoms with Crippen molar-refractivity contribution in [2.45, 2.75) is 44.2 Å². The maximum absolute atomic E-state index is 15.6. The fraction of sp³-hybridized carbons (Fsp3) is 0.241. The van der Waals surface area contributed by atoms with Gasteiger partial charge in [0.25, 0.3) is 0 Å². The second-order valence-corrected chi connectivity index (χ2v) is 10.1. The van der Waals surface area contributed by atoms with Crippen molar-refractivity contribution >= 4 is 34.1 Å². The molecule has 2 aliphatic heterocycles. The number of nitrogens with zero attached hydrogens (tertiary/aromatic N) is 7. The Labute approximate surface area is 228 Å². The molecule has 2 aliphatic rings. The third-order valence-corrected chi connectivity index (χ3v) is 7.92. The second-order valence-electron chi connectivity index (χ2n) is 10.1. The van der Waals surface area contributed by atoms with E-state index >= 15 is 4.39 Å². The van der Waals surface area contributed by atoms with Gasteiger partial charge in [0.05, 0.1) is 11.2 Å². The molecule has 4 aromatic heterocycles. The molecule has 2 fully saturated rings. The van der Waals surface area contributed by atoms with Gasteiger partial charge in [-0.3, -0.25) is 4.79 Å². The monoisotopic (exact) mass is 536 g/mol. The van der Waals surface area contributed by atoms with Gasteiger partial charge in [-0.25, -0.2) is 28.8 Å². The zero-order valence-electron chi connectivity index (χ0n) is 21.7. The molecule has 6 heterocycles. The number of anilines is 2. The van der Waals surface area contributed by atoms with Crippen LogP contribution in [-0.4, -0.2) is 52.4 Å². The predicted octanol–water partition coefficient (Wildman–Crippen LogP) is 5.08. The topological polar surface area (TPSA) is 110 Å². The molecule has 0 aliphatic carbocycles. The molecule has 0 saturated carbocycles. The van der Waals surface area contributed by atoms with Crippen molar-refractivity contribution in [3.8, 4) is 11.5 Å². The largest absolute Gasteiger partial charge is 0.457 e. The van der Waals surface area contributed by atoms with E-state index in [0.29, 0.717) is 39.6 Å². The van der Waals surface area contributed by atoms with E-state index in [1.54, 1.807) is 41.9 Å². The lowest BCUT2D eigenvalue weighted by molar-refractivity contribution is -0.127. The van der Waals surface area contributed by atoms with Crippen LogP contribution in [0.5, 0.6) is 11.5 Å². The average Bonchev–Trinajstić information content (AvgIpc) is 3.71. The minimum Gasteiger partial charge on any atom is -0.457 e. The zero-order chi connectivity index (χ0) is 27.4. The van der Waals surface area contributed by atoms with E-state index in [2.05, 4.69) is 31.9 Å². The van der Waals surface area contributed by atoms with Crippen molar-refractivity contribution in [2.75, 3.05) is 5.32 Å². The Kier molecular flexibility index (Phi) is 5.65. The van der Waals surface area contributed by atoms with Crippen molar-refractivity contribution in [2.24, 2.45) is 0 Å². The summed E-state index contributed by atoms with van der Waals surface area (Å²) in [5.74, 6) is 0.936. The highest BCUT2D eigenvalue weighted by Crippen LogP contribution is 2.46. The Morgan fingerprint density at radius 1 is 1.15 bits per heavy atom. The summed E-state index contributed by atoms with van der Waals surface area (Å²) in [6, 6.07) is 11.0. The number of carbonyl (C=O) groups excluding carboxylic acids is 1. The summed E-state index contributed by atoms with van der Waals surface area (Å²) in [6.45, 7) is 5.32.